The van der Waals surface area contributed by atoms with Crippen LogP contribution in [-0.2, 0) is 0 Å². The Labute approximate surface area is 107 Å². The monoisotopic (exact) mass is 279 g/mol. The number of hydrogen-bond donors (Lipinski definition) is 1. The summed E-state index contributed by atoms with van der Waals surface area (Å²) in [4.78, 5) is 0. The van der Waals surface area contributed by atoms with Crippen molar-refractivity contribution in [2.24, 2.45) is 5.92 Å². The molecule has 0 bridgehead atoms. The van der Waals surface area contributed by atoms with Crippen molar-refractivity contribution in [3.8, 4) is 0 Å². The molecule has 2 rings (SSSR count). The van der Waals surface area contributed by atoms with E-state index in [4.69, 9.17) is 0 Å². The average Bonchev–Trinajstić information content (AvgIpc) is 2.41. The zero-order valence-electron chi connectivity index (χ0n) is 10.4. The number of halogens is 5. The van der Waals surface area contributed by atoms with E-state index in [0.717, 1.165) is 19.3 Å². The van der Waals surface area contributed by atoms with Crippen LogP contribution in [0.1, 0.15) is 32.6 Å². The highest BCUT2D eigenvalue weighted by Crippen LogP contribution is 2.31. The van der Waals surface area contributed by atoms with Crippen molar-refractivity contribution in [1.82, 2.24) is 0 Å². The molecule has 1 aliphatic rings. The first kappa shape index (κ1) is 14.1. The summed E-state index contributed by atoms with van der Waals surface area (Å²) in [7, 11) is 0. The predicted molar refractivity (Wildman–Crippen MR) is 61.3 cm³/mol. The zero-order valence-corrected chi connectivity index (χ0v) is 10.4. The molecule has 19 heavy (non-hydrogen) atoms. The van der Waals surface area contributed by atoms with E-state index in [1.807, 2.05) is 6.92 Å². The maximum absolute atomic E-state index is 13.5. The van der Waals surface area contributed by atoms with Crippen LogP contribution in [0.15, 0.2) is 0 Å². The molecule has 1 aromatic carbocycles. The number of rotatable bonds is 2. The van der Waals surface area contributed by atoms with Crippen LogP contribution in [0.2, 0.25) is 0 Å². The van der Waals surface area contributed by atoms with Crippen LogP contribution in [0.3, 0.4) is 0 Å². The summed E-state index contributed by atoms with van der Waals surface area (Å²) in [6.07, 6.45) is 3.40. The highest BCUT2D eigenvalue weighted by Gasteiger charge is 2.29. The van der Waals surface area contributed by atoms with E-state index in [-0.39, 0.29) is 12.0 Å². The Hall–Kier alpha value is -1.33. The first-order chi connectivity index (χ1) is 8.93. The molecule has 1 N–H and O–H groups in total. The molecule has 1 fully saturated rings. The third-order valence-corrected chi connectivity index (χ3v) is 3.65. The molecule has 0 spiro atoms. The number of benzene rings is 1. The summed E-state index contributed by atoms with van der Waals surface area (Å²) in [5.74, 6) is -9.42. The van der Waals surface area contributed by atoms with Gasteiger partial charge in [0.15, 0.2) is 23.3 Å². The number of nitrogens with one attached hydrogen (secondary N) is 1. The molecule has 1 aromatic rings. The lowest BCUT2D eigenvalue weighted by atomic mass is 9.86. The highest BCUT2D eigenvalue weighted by molar-refractivity contribution is 5.48. The fraction of sp³-hybridized carbons (Fsp3) is 0.538. The Kier molecular flexibility index (Phi) is 3.96. The zero-order chi connectivity index (χ0) is 14.2. The van der Waals surface area contributed by atoms with Crippen LogP contribution < -0.4 is 5.32 Å². The topological polar surface area (TPSA) is 12.0 Å². The van der Waals surface area contributed by atoms with Gasteiger partial charge in [0.2, 0.25) is 5.82 Å². The standard InChI is InChI=1S/C13H14F5N/c1-6-4-2-3-5-7(6)19-13-11(17)9(15)8(14)10(16)12(13)18/h6-7,19H,2-5H2,1H3. The lowest BCUT2D eigenvalue weighted by Crippen LogP contribution is -2.31. The Morgan fingerprint density at radius 2 is 1.26 bits per heavy atom. The van der Waals surface area contributed by atoms with Gasteiger partial charge in [0.25, 0.3) is 0 Å². The first-order valence-electron chi connectivity index (χ1n) is 6.21. The minimum absolute atomic E-state index is 0.128. The van der Waals surface area contributed by atoms with E-state index in [1.165, 1.54) is 0 Å². The molecule has 0 aliphatic heterocycles. The maximum atomic E-state index is 13.5. The Morgan fingerprint density at radius 1 is 0.789 bits per heavy atom. The molecule has 0 aromatic heterocycles. The van der Waals surface area contributed by atoms with Gasteiger partial charge >= 0.3 is 0 Å². The van der Waals surface area contributed by atoms with Gasteiger partial charge in [0.05, 0.1) is 0 Å². The molecular formula is C13H14F5N. The smallest absolute Gasteiger partial charge is 0.200 e. The van der Waals surface area contributed by atoms with Gasteiger partial charge in [-0.3, -0.25) is 0 Å². The van der Waals surface area contributed by atoms with Gasteiger partial charge in [-0.15, -0.1) is 0 Å². The van der Waals surface area contributed by atoms with Crippen molar-refractivity contribution in [3.05, 3.63) is 29.1 Å². The predicted octanol–water partition coefficient (Wildman–Crippen LogP) is 4.37. The second kappa shape index (κ2) is 5.35. The summed E-state index contributed by atoms with van der Waals surface area (Å²) in [6, 6.07) is -0.276. The third-order valence-electron chi connectivity index (χ3n) is 3.65. The summed E-state index contributed by atoms with van der Waals surface area (Å²) in [5, 5.41) is 2.48. The fourth-order valence-corrected chi connectivity index (χ4v) is 2.45. The Morgan fingerprint density at radius 3 is 1.79 bits per heavy atom. The molecule has 2 atom stereocenters. The van der Waals surface area contributed by atoms with Gasteiger partial charge < -0.3 is 5.32 Å². The van der Waals surface area contributed by atoms with Gasteiger partial charge in [-0.1, -0.05) is 19.8 Å². The minimum Gasteiger partial charge on any atom is -0.377 e. The lowest BCUT2D eigenvalue weighted by Gasteiger charge is -2.30. The van der Waals surface area contributed by atoms with E-state index < -0.39 is 34.8 Å². The van der Waals surface area contributed by atoms with E-state index in [0.29, 0.717) is 6.42 Å². The second-order valence-corrected chi connectivity index (χ2v) is 4.96. The summed E-state index contributed by atoms with van der Waals surface area (Å²) >= 11 is 0. The fourth-order valence-electron chi connectivity index (χ4n) is 2.45. The number of anilines is 1. The molecule has 0 heterocycles. The molecule has 106 valence electrons. The molecule has 1 saturated carbocycles. The van der Waals surface area contributed by atoms with Gasteiger partial charge in [0.1, 0.15) is 5.69 Å². The SMILES string of the molecule is CC1CCCCC1Nc1c(F)c(F)c(F)c(F)c1F. The van der Waals surface area contributed by atoms with Crippen LogP contribution >= 0.6 is 0 Å². The van der Waals surface area contributed by atoms with Gasteiger partial charge in [-0.2, -0.15) is 0 Å². The molecule has 2 unspecified atom stereocenters. The van der Waals surface area contributed by atoms with Crippen LogP contribution in [0, 0.1) is 35.0 Å². The van der Waals surface area contributed by atoms with Crippen molar-refractivity contribution in [2.45, 2.75) is 38.6 Å². The average molecular weight is 279 g/mol. The van der Waals surface area contributed by atoms with Crippen molar-refractivity contribution in [2.75, 3.05) is 5.32 Å². The van der Waals surface area contributed by atoms with Crippen molar-refractivity contribution < 1.29 is 22.0 Å². The largest absolute Gasteiger partial charge is 0.377 e. The molecule has 1 nitrogen and oxygen atoms in total. The van der Waals surface area contributed by atoms with Crippen LogP contribution in [0.25, 0.3) is 0 Å². The highest BCUT2D eigenvalue weighted by atomic mass is 19.2. The third kappa shape index (κ3) is 2.53. The van der Waals surface area contributed by atoms with Crippen molar-refractivity contribution >= 4 is 5.69 Å². The lowest BCUT2D eigenvalue weighted by molar-refractivity contribution is 0.342. The van der Waals surface area contributed by atoms with E-state index >= 15 is 0 Å². The molecule has 1 aliphatic carbocycles. The molecule has 0 radical (unpaired) electrons. The normalized spacial score (nSPS) is 23.5. The molecule has 0 amide bonds. The van der Waals surface area contributed by atoms with Crippen molar-refractivity contribution in [3.63, 3.8) is 0 Å². The molecule has 6 heteroatoms. The summed E-state index contributed by atoms with van der Waals surface area (Å²) < 4.78 is 66.0. The maximum Gasteiger partial charge on any atom is 0.200 e. The van der Waals surface area contributed by atoms with E-state index in [1.54, 1.807) is 0 Å². The summed E-state index contributed by atoms with van der Waals surface area (Å²) in [6.45, 7) is 1.89. The minimum atomic E-state index is -2.13. The van der Waals surface area contributed by atoms with Gasteiger partial charge in [0, 0.05) is 6.04 Å². The molecular weight excluding hydrogens is 265 g/mol. The van der Waals surface area contributed by atoms with Gasteiger partial charge in [-0.05, 0) is 18.8 Å². The Bertz CT molecular complexity index is 459. The van der Waals surface area contributed by atoms with E-state index in [2.05, 4.69) is 5.32 Å². The van der Waals surface area contributed by atoms with Crippen LogP contribution in [-0.4, -0.2) is 6.04 Å². The quantitative estimate of drug-likeness (QED) is 0.481. The van der Waals surface area contributed by atoms with Gasteiger partial charge in [-0.25, -0.2) is 22.0 Å². The van der Waals surface area contributed by atoms with E-state index in [9.17, 15) is 22.0 Å². The van der Waals surface area contributed by atoms with Crippen LogP contribution in [0.4, 0.5) is 27.6 Å². The van der Waals surface area contributed by atoms with Crippen LogP contribution in [0.5, 0.6) is 0 Å². The Balaban J connectivity index is 2.34. The summed E-state index contributed by atoms with van der Waals surface area (Å²) in [5.41, 5.74) is -0.921. The second-order valence-electron chi connectivity index (χ2n) is 4.96. The first-order valence-corrected chi connectivity index (χ1v) is 6.21. The van der Waals surface area contributed by atoms with Crippen molar-refractivity contribution in [1.29, 1.82) is 0 Å². The number of hydrogen-bond acceptors (Lipinski definition) is 1. The molecule has 0 saturated heterocycles.